The Balaban J connectivity index is 1.26. The Morgan fingerprint density at radius 1 is 0.961 bits per heavy atom. The highest BCUT2D eigenvalue weighted by Crippen LogP contribution is 2.70. The molecular weight excluding hydrogens is 644 g/mol. The van der Waals surface area contributed by atoms with Gasteiger partial charge in [-0.1, -0.05) is 59.8 Å². The van der Waals surface area contributed by atoms with Crippen LogP contribution >= 0.6 is 0 Å². The van der Waals surface area contributed by atoms with E-state index in [0.717, 1.165) is 82.7 Å². The molecule has 3 saturated carbocycles. The summed E-state index contributed by atoms with van der Waals surface area (Å²) in [5.41, 5.74) is 1.49. The highest BCUT2D eigenvalue weighted by molar-refractivity contribution is 5.95. The number of rotatable bonds is 15. The number of carbonyl (C=O) groups is 1. The number of carbonyl (C=O) groups excluding carboxylic acids is 1. The first-order chi connectivity index (χ1) is 24.1. The Kier molecular flexibility index (Phi) is 11.4. The Labute approximate surface area is 307 Å². The third kappa shape index (κ3) is 6.53. The summed E-state index contributed by atoms with van der Waals surface area (Å²) >= 11 is 0. The maximum absolute atomic E-state index is 14.1. The molecule has 2 saturated heterocycles. The number of ether oxygens (including phenoxy) is 1. The monoisotopic (exact) mass is 718 g/mol. The van der Waals surface area contributed by atoms with Crippen molar-refractivity contribution in [3.63, 3.8) is 0 Å². The average Bonchev–Trinajstić information content (AvgIpc) is 3.86. The lowest BCUT2D eigenvalue weighted by Crippen LogP contribution is -2.94. The van der Waals surface area contributed by atoms with Crippen molar-refractivity contribution in [3.8, 4) is 0 Å². The Bertz CT molecular complexity index is 1290. The Morgan fingerprint density at radius 3 is 2.41 bits per heavy atom. The van der Waals surface area contributed by atoms with Crippen LogP contribution < -0.4 is 11.1 Å². The van der Waals surface area contributed by atoms with E-state index in [0.29, 0.717) is 44.4 Å². The predicted octanol–water partition coefficient (Wildman–Crippen LogP) is 4.26. The van der Waals surface area contributed by atoms with E-state index in [1.165, 1.54) is 6.42 Å². The summed E-state index contributed by atoms with van der Waals surface area (Å²) in [4.78, 5) is 14.1. The molecule has 0 bridgehead atoms. The molecule has 0 aromatic carbocycles. The second-order valence-electron chi connectivity index (χ2n) is 19.2. The van der Waals surface area contributed by atoms with Gasteiger partial charge in [0.25, 0.3) is 0 Å². The second kappa shape index (κ2) is 14.6. The zero-order valence-corrected chi connectivity index (χ0v) is 32.5. The summed E-state index contributed by atoms with van der Waals surface area (Å²) in [6, 6.07) is 0. The van der Waals surface area contributed by atoms with Crippen LogP contribution in [0.4, 0.5) is 0 Å². The van der Waals surface area contributed by atoms with Gasteiger partial charge in [0, 0.05) is 23.2 Å². The first-order valence-corrected chi connectivity index (χ1v) is 21.0. The summed E-state index contributed by atoms with van der Waals surface area (Å²) in [5, 5.41) is 61.9. The van der Waals surface area contributed by atoms with E-state index in [-0.39, 0.29) is 41.7 Å². The number of aliphatic hydroxyl groups is 5. The lowest BCUT2D eigenvalue weighted by atomic mass is 9.44. The largest absolute Gasteiger partial charge is 0.396 e. The van der Waals surface area contributed by atoms with Crippen LogP contribution in [0.15, 0.2) is 11.6 Å². The van der Waals surface area contributed by atoms with E-state index < -0.39 is 45.9 Å². The molecule has 2 heterocycles. The summed E-state index contributed by atoms with van der Waals surface area (Å²) in [5.74, 6) is 0.132. The fraction of sp³-hybridized carbons (Fsp3) is 0.929. The van der Waals surface area contributed by atoms with Gasteiger partial charge in [-0.3, -0.25) is 10.5 Å². The van der Waals surface area contributed by atoms with Crippen molar-refractivity contribution in [2.75, 3.05) is 13.2 Å². The van der Waals surface area contributed by atoms with Crippen LogP contribution in [-0.4, -0.2) is 85.7 Å². The van der Waals surface area contributed by atoms with Gasteiger partial charge in [0.1, 0.15) is 18.4 Å². The molecule has 5 fully saturated rings. The van der Waals surface area contributed by atoms with Crippen LogP contribution in [0.1, 0.15) is 150 Å². The predicted molar refractivity (Wildman–Crippen MR) is 197 cm³/mol. The molecule has 0 aromatic heterocycles. The number of allylic oxidation sites excluding steroid dienone is 1. The number of aliphatic hydroxyl groups excluding tert-OH is 2. The standard InChI is InChI=1S/C42H72N2O7/c1-6-8-9-10-17-40-20-12-28(46)24-31(40)32(47)25-30-29(40)13-19-38(4)33(14-21-42(30,38)50)41(49,16-7-2)36-35(51-36)39(5,48)37(3,26-45)18-11-27-15-22-44-34(43)23-27/h25,27-29,31,33-36,44-46,48-50H,6-24,26,43H2,1-5H3/p+1/t27?,28-,29-,31-,33-,34?,35-,36+,37-,38-,39-,40+,41+,42+/m0/s1. The van der Waals surface area contributed by atoms with E-state index in [4.69, 9.17) is 10.5 Å². The van der Waals surface area contributed by atoms with Gasteiger partial charge in [-0.15, -0.1) is 0 Å². The first kappa shape index (κ1) is 39.8. The summed E-state index contributed by atoms with van der Waals surface area (Å²) in [6.07, 6.45) is 15.1. The highest BCUT2D eigenvalue weighted by Gasteiger charge is 2.74. The number of ketones is 1. The molecule has 9 N–H and O–H groups in total. The van der Waals surface area contributed by atoms with Crippen LogP contribution in [0.25, 0.3) is 0 Å². The fourth-order valence-electron chi connectivity index (χ4n) is 12.9. The molecule has 292 valence electrons. The van der Waals surface area contributed by atoms with Crippen molar-refractivity contribution in [3.05, 3.63) is 11.6 Å². The van der Waals surface area contributed by atoms with Crippen molar-refractivity contribution in [2.24, 2.45) is 45.7 Å². The molecule has 0 amide bonds. The minimum absolute atomic E-state index is 0.0682. The van der Waals surface area contributed by atoms with Crippen molar-refractivity contribution in [1.82, 2.24) is 0 Å². The Hall–Kier alpha value is -0.910. The minimum Gasteiger partial charge on any atom is -0.396 e. The number of unbranched alkanes of at least 4 members (excludes halogenated alkanes) is 3. The number of nitrogens with two attached hydrogens (primary N) is 2. The molecule has 2 unspecified atom stereocenters. The quantitative estimate of drug-likeness (QED) is 0.0973. The first-order valence-electron chi connectivity index (χ1n) is 21.0. The molecule has 0 spiro atoms. The SMILES string of the molecule is CCCCCC[C@]12CC[C@H](O)C[C@H]1C(=O)C=C1[C@@H]2CC[C@@]2(C)[C@@H]([C@](O)(CCC)[C@@H]3O[C@@H]3[C@](C)(O)[C@](C)(CO)CCC3CC[NH2+]C(N)C3)CC[C@@]12O. The van der Waals surface area contributed by atoms with Gasteiger partial charge >= 0.3 is 0 Å². The molecular formula is C42H73N2O7+. The zero-order chi connectivity index (χ0) is 37.0. The Morgan fingerprint density at radius 2 is 1.73 bits per heavy atom. The summed E-state index contributed by atoms with van der Waals surface area (Å²) in [6.45, 7) is 10.9. The number of fused-ring (bicyclic) bond motifs is 5. The van der Waals surface area contributed by atoms with Crippen LogP contribution in [0.5, 0.6) is 0 Å². The summed E-state index contributed by atoms with van der Waals surface area (Å²) < 4.78 is 6.40. The van der Waals surface area contributed by atoms with Gasteiger partial charge in [-0.25, -0.2) is 0 Å². The maximum Gasteiger partial charge on any atom is 0.159 e. The molecule has 2 aliphatic heterocycles. The lowest BCUT2D eigenvalue weighted by Gasteiger charge is -2.61. The number of quaternary nitrogens is 1. The molecule has 9 heteroatoms. The number of hydrogen-bond donors (Lipinski definition) is 7. The smallest absolute Gasteiger partial charge is 0.159 e. The van der Waals surface area contributed by atoms with Crippen molar-refractivity contribution in [1.29, 1.82) is 0 Å². The van der Waals surface area contributed by atoms with E-state index in [1.54, 1.807) is 13.0 Å². The van der Waals surface area contributed by atoms with Gasteiger partial charge in [-0.05, 0) is 119 Å². The van der Waals surface area contributed by atoms with Gasteiger partial charge in [0.05, 0.1) is 36.1 Å². The van der Waals surface area contributed by atoms with Crippen LogP contribution in [0, 0.1) is 39.9 Å². The van der Waals surface area contributed by atoms with Crippen LogP contribution in [0.3, 0.4) is 0 Å². The van der Waals surface area contributed by atoms with E-state index in [9.17, 15) is 30.3 Å². The topological polar surface area (TPSA) is 173 Å². The zero-order valence-electron chi connectivity index (χ0n) is 32.5. The second-order valence-corrected chi connectivity index (χ2v) is 19.2. The molecule has 6 aliphatic rings. The maximum atomic E-state index is 14.1. The normalized spacial score (nSPS) is 44.3. The molecule has 51 heavy (non-hydrogen) atoms. The fourth-order valence-corrected chi connectivity index (χ4v) is 12.9. The molecule has 0 radical (unpaired) electrons. The minimum atomic E-state index is -1.38. The van der Waals surface area contributed by atoms with Gasteiger partial charge in [0.15, 0.2) is 5.78 Å². The van der Waals surface area contributed by atoms with E-state index in [2.05, 4.69) is 26.1 Å². The third-order valence-corrected chi connectivity index (χ3v) is 16.4. The van der Waals surface area contributed by atoms with Crippen LogP contribution in [0.2, 0.25) is 0 Å². The van der Waals surface area contributed by atoms with Crippen LogP contribution in [-0.2, 0) is 9.53 Å². The van der Waals surface area contributed by atoms with Gasteiger partial charge in [-0.2, -0.15) is 0 Å². The highest BCUT2D eigenvalue weighted by atomic mass is 16.6. The van der Waals surface area contributed by atoms with E-state index >= 15 is 0 Å². The molecule has 6 rings (SSSR count). The van der Waals surface area contributed by atoms with Crippen molar-refractivity contribution >= 4 is 5.78 Å². The van der Waals surface area contributed by atoms with Gasteiger partial charge < -0.3 is 35.6 Å². The van der Waals surface area contributed by atoms with Crippen molar-refractivity contribution in [2.45, 2.75) is 191 Å². The van der Waals surface area contributed by atoms with Gasteiger partial charge in [0.2, 0.25) is 0 Å². The molecule has 4 aliphatic carbocycles. The molecule has 9 nitrogen and oxygen atoms in total. The van der Waals surface area contributed by atoms with E-state index in [1.807, 2.05) is 6.92 Å². The number of epoxide rings is 1. The number of piperidine rings is 1. The molecule has 14 atom stereocenters. The number of hydrogen-bond acceptors (Lipinski definition) is 8. The molecule has 0 aromatic rings. The summed E-state index contributed by atoms with van der Waals surface area (Å²) in [7, 11) is 0. The third-order valence-electron chi connectivity index (χ3n) is 16.4. The van der Waals surface area contributed by atoms with Crippen molar-refractivity contribution < 1.29 is 40.4 Å². The lowest BCUT2D eigenvalue weighted by molar-refractivity contribution is -0.699. The average molecular weight is 718 g/mol.